The van der Waals surface area contributed by atoms with E-state index in [1.807, 2.05) is 0 Å². The van der Waals surface area contributed by atoms with Crippen molar-refractivity contribution in [2.45, 2.75) is 6.10 Å². The summed E-state index contributed by atoms with van der Waals surface area (Å²) in [6.45, 7) is 1.95. The van der Waals surface area contributed by atoms with Crippen LogP contribution in [0.15, 0.2) is 12.1 Å². The summed E-state index contributed by atoms with van der Waals surface area (Å²) in [5, 5.41) is 2.78. The van der Waals surface area contributed by atoms with Crippen molar-refractivity contribution < 1.29 is 23.7 Å². The van der Waals surface area contributed by atoms with E-state index in [0.717, 1.165) is 0 Å². The van der Waals surface area contributed by atoms with Crippen molar-refractivity contribution in [3.63, 3.8) is 0 Å². The van der Waals surface area contributed by atoms with Crippen LogP contribution in [0.4, 0.5) is 5.69 Å². The number of nitrogens with two attached hydrogens (primary N) is 1. The summed E-state index contributed by atoms with van der Waals surface area (Å²) in [6.07, 6.45) is -0.142. The molecule has 0 radical (unpaired) electrons. The molecule has 3 N–H and O–H groups in total. The maximum atomic E-state index is 12.2. The molecule has 7 heteroatoms. The number of carbonyl (C=O) groups excluding carboxylic acids is 1. The molecule has 1 unspecified atom stereocenters. The van der Waals surface area contributed by atoms with E-state index in [4.69, 9.17) is 24.7 Å². The van der Waals surface area contributed by atoms with Gasteiger partial charge in [0.15, 0.2) is 0 Å². The Morgan fingerprint density at radius 1 is 1.38 bits per heavy atom. The lowest BCUT2D eigenvalue weighted by molar-refractivity contribution is -0.0855. The molecule has 1 heterocycles. The van der Waals surface area contributed by atoms with Gasteiger partial charge in [0.25, 0.3) is 5.91 Å². The minimum Gasteiger partial charge on any atom is -0.497 e. The van der Waals surface area contributed by atoms with Gasteiger partial charge in [-0.2, -0.15) is 0 Å². The zero-order valence-corrected chi connectivity index (χ0v) is 12.2. The van der Waals surface area contributed by atoms with Gasteiger partial charge in [-0.15, -0.1) is 0 Å². The Kier molecular flexibility index (Phi) is 5.24. The first-order chi connectivity index (χ1) is 10.2. The third kappa shape index (κ3) is 3.77. The Hall–Kier alpha value is -1.99. The third-order valence-electron chi connectivity index (χ3n) is 3.19. The molecule has 1 fully saturated rings. The van der Waals surface area contributed by atoms with Crippen LogP contribution >= 0.6 is 0 Å². The molecule has 1 aromatic carbocycles. The summed E-state index contributed by atoms with van der Waals surface area (Å²) in [6, 6.07) is 3.20. The average Bonchev–Trinajstić information content (AvgIpc) is 2.53. The van der Waals surface area contributed by atoms with Crippen molar-refractivity contribution in [1.29, 1.82) is 0 Å². The fourth-order valence-corrected chi connectivity index (χ4v) is 2.03. The van der Waals surface area contributed by atoms with Gasteiger partial charge in [0.2, 0.25) is 0 Å². The normalized spacial score (nSPS) is 18.1. The number of nitrogen functional groups attached to an aromatic ring is 1. The summed E-state index contributed by atoms with van der Waals surface area (Å²) < 4.78 is 21.0. The maximum Gasteiger partial charge on any atom is 0.253 e. The first-order valence-electron chi connectivity index (χ1n) is 6.64. The van der Waals surface area contributed by atoms with E-state index in [1.54, 1.807) is 12.1 Å². The number of ether oxygens (including phenoxy) is 4. The molecule has 116 valence electrons. The van der Waals surface area contributed by atoms with Crippen LogP contribution in [0, 0.1) is 0 Å². The summed E-state index contributed by atoms with van der Waals surface area (Å²) in [4.78, 5) is 12.2. The molecule has 0 saturated carbocycles. The van der Waals surface area contributed by atoms with Crippen LogP contribution < -0.4 is 20.5 Å². The molecule has 1 aliphatic heterocycles. The molecular weight excluding hydrogens is 276 g/mol. The number of carbonyl (C=O) groups is 1. The van der Waals surface area contributed by atoms with E-state index in [0.29, 0.717) is 43.4 Å². The van der Waals surface area contributed by atoms with Gasteiger partial charge in [0.05, 0.1) is 51.4 Å². The van der Waals surface area contributed by atoms with Crippen molar-refractivity contribution in [2.75, 3.05) is 46.3 Å². The average molecular weight is 296 g/mol. The Morgan fingerprint density at radius 2 is 2.19 bits per heavy atom. The van der Waals surface area contributed by atoms with E-state index >= 15 is 0 Å². The lowest BCUT2D eigenvalue weighted by Crippen LogP contribution is -2.39. The molecule has 0 spiro atoms. The SMILES string of the molecule is COc1cc(OC)c(N)c(C(=O)NCC2COCCO2)c1. The molecule has 1 saturated heterocycles. The van der Waals surface area contributed by atoms with Gasteiger partial charge in [-0.1, -0.05) is 0 Å². The van der Waals surface area contributed by atoms with E-state index in [-0.39, 0.29) is 17.7 Å². The minimum absolute atomic E-state index is 0.142. The number of hydrogen-bond acceptors (Lipinski definition) is 6. The molecule has 7 nitrogen and oxygen atoms in total. The molecule has 21 heavy (non-hydrogen) atoms. The second-order valence-electron chi connectivity index (χ2n) is 4.57. The standard InChI is InChI=1S/C14H20N2O5/c1-18-9-5-11(13(15)12(6-9)19-2)14(17)16-7-10-8-20-3-4-21-10/h5-6,10H,3-4,7-8,15H2,1-2H3,(H,16,17). The summed E-state index contributed by atoms with van der Waals surface area (Å²) >= 11 is 0. The van der Waals surface area contributed by atoms with Crippen LogP contribution in [-0.4, -0.2) is 52.6 Å². The monoisotopic (exact) mass is 296 g/mol. The lowest BCUT2D eigenvalue weighted by Gasteiger charge is -2.23. The van der Waals surface area contributed by atoms with Gasteiger partial charge in [-0.3, -0.25) is 4.79 Å². The predicted octanol–water partition coefficient (Wildman–Crippen LogP) is 0.431. The summed E-state index contributed by atoms with van der Waals surface area (Å²) in [5.41, 5.74) is 6.51. The number of benzene rings is 1. The van der Waals surface area contributed by atoms with E-state index in [9.17, 15) is 4.79 Å². The number of nitrogens with one attached hydrogen (secondary N) is 1. The summed E-state index contributed by atoms with van der Waals surface area (Å²) in [7, 11) is 3.00. The predicted molar refractivity (Wildman–Crippen MR) is 76.9 cm³/mol. The fraction of sp³-hybridized carbons (Fsp3) is 0.500. The van der Waals surface area contributed by atoms with Crippen molar-refractivity contribution in [2.24, 2.45) is 0 Å². The molecule has 1 atom stereocenters. The highest BCUT2D eigenvalue weighted by Gasteiger charge is 2.19. The number of methoxy groups -OCH3 is 2. The molecule has 1 aliphatic rings. The van der Waals surface area contributed by atoms with Crippen molar-refractivity contribution in [3.8, 4) is 11.5 Å². The highest BCUT2D eigenvalue weighted by atomic mass is 16.6. The van der Waals surface area contributed by atoms with Crippen LogP contribution in [0.25, 0.3) is 0 Å². The number of rotatable bonds is 5. The van der Waals surface area contributed by atoms with Crippen LogP contribution in [0.2, 0.25) is 0 Å². The van der Waals surface area contributed by atoms with Gasteiger partial charge in [-0.05, 0) is 6.07 Å². The molecule has 2 rings (SSSR count). The van der Waals surface area contributed by atoms with Crippen LogP contribution in [0.3, 0.4) is 0 Å². The first kappa shape index (κ1) is 15.4. The highest BCUT2D eigenvalue weighted by molar-refractivity contribution is 6.01. The first-order valence-corrected chi connectivity index (χ1v) is 6.64. The van der Waals surface area contributed by atoms with Gasteiger partial charge < -0.3 is 30.0 Å². The van der Waals surface area contributed by atoms with E-state index in [1.165, 1.54) is 14.2 Å². The van der Waals surface area contributed by atoms with Crippen molar-refractivity contribution >= 4 is 11.6 Å². The Balaban J connectivity index is 2.07. The lowest BCUT2D eigenvalue weighted by atomic mass is 10.1. The van der Waals surface area contributed by atoms with Gasteiger partial charge in [-0.25, -0.2) is 0 Å². The second-order valence-corrected chi connectivity index (χ2v) is 4.57. The smallest absolute Gasteiger partial charge is 0.253 e. The molecular formula is C14H20N2O5. The largest absolute Gasteiger partial charge is 0.497 e. The van der Waals surface area contributed by atoms with Crippen molar-refractivity contribution in [1.82, 2.24) is 5.32 Å². The Morgan fingerprint density at radius 3 is 2.81 bits per heavy atom. The Bertz CT molecular complexity index is 500. The quantitative estimate of drug-likeness (QED) is 0.766. The second kappa shape index (κ2) is 7.14. The van der Waals surface area contributed by atoms with Crippen LogP contribution in [0.1, 0.15) is 10.4 Å². The van der Waals surface area contributed by atoms with Crippen LogP contribution in [0.5, 0.6) is 11.5 Å². The molecule has 0 bridgehead atoms. The van der Waals surface area contributed by atoms with Gasteiger partial charge in [0, 0.05) is 12.6 Å². The van der Waals surface area contributed by atoms with Crippen molar-refractivity contribution in [3.05, 3.63) is 17.7 Å². The van der Waals surface area contributed by atoms with Gasteiger partial charge in [0.1, 0.15) is 11.5 Å². The van der Waals surface area contributed by atoms with Crippen LogP contribution in [-0.2, 0) is 9.47 Å². The highest BCUT2D eigenvalue weighted by Crippen LogP contribution is 2.30. The molecule has 1 amide bonds. The van der Waals surface area contributed by atoms with Gasteiger partial charge >= 0.3 is 0 Å². The number of amides is 1. The zero-order valence-electron chi connectivity index (χ0n) is 12.2. The maximum absolute atomic E-state index is 12.2. The summed E-state index contributed by atoms with van der Waals surface area (Å²) in [5.74, 6) is 0.596. The molecule has 0 aromatic heterocycles. The molecule has 0 aliphatic carbocycles. The number of anilines is 1. The number of hydrogen-bond donors (Lipinski definition) is 2. The minimum atomic E-state index is -0.307. The topological polar surface area (TPSA) is 92.0 Å². The Labute approximate surface area is 123 Å². The van der Waals surface area contributed by atoms with E-state index < -0.39 is 0 Å². The third-order valence-corrected chi connectivity index (χ3v) is 3.19. The molecule has 1 aromatic rings. The van der Waals surface area contributed by atoms with E-state index in [2.05, 4.69) is 5.32 Å². The fourth-order valence-electron chi connectivity index (χ4n) is 2.03. The zero-order chi connectivity index (χ0) is 15.2.